The quantitative estimate of drug-likeness (QED) is 0.663. The monoisotopic (exact) mass is 141 g/mol. The van der Waals surface area contributed by atoms with Gasteiger partial charge in [0.1, 0.15) is 11.7 Å². The van der Waals surface area contributed by atoms with E-state index < -0.39 is 11.9 Å². The van der Waals surface area contributed by atoms with Crippen LogP contribution in [0.3, 0.4) is 0 Å². The van der Waals surface area contributed by atoms with Crippen LogP contribution in [0.5, 0.6) is 0 Å². The average molecular weight is 141 g/mol. The zero-order valence-corrected chi connectivity index (χ0v) is 5.44. The minimum absolute atomic E-state index is 0.382. The van der Waals surface area contributed by atoms with Gasteiger partial charge in [0.25, 0.3) is 0 Å². The lowest BCUT2D eigenvalue weighted by atomic mass is 10.1. The second kappa shape index (κ2) is 2.51. The molecule has 1 N–H and O–H groups in total. The highest BCUT2D eigenvalue weighted by Gasteiger charge is 2.16. The van der Waals surface area contributed by atoms with Crippen molar-refractivity contribution >= 4 is 5.97 Å². The molecular formula is C6H7NO3. The first-order chi connectivity index (χ1) is 4.72. The van der Waals surface area contributed by atoms with Gasteiger partial charge in [0.15, 0.2) is 6.39 Å². The highest BCUT2D eigenvalue weighted by molar-refractivity contribution is 5.74. The third kappa shape index (κ3) is 1.15. The zero-order chi connectivity index (χ0) is 7.56. The topological polar surface area (TPSA) is 63.3 Å². The number of carboxylic acids is 1. The molecule has 0 saturated heterocycles. The van der Waals surface area contributed by atoms with E-state index in [-0.39, 0.29) is 0 Å². The van der Waals surface area contributed by atoms with Gasteiger partial charge >= 0.3 is 5.97 Å². The molecule has 4 nitrogen and oxygen atoms in total. The molecule has 1 heterocycles. The molecule has 0 aromatic carbocycles. The van der Waals surface area contributed by atoms with E-state index in [2.05, 4.69) is 4.98 Å². The van der Waals surface area contributed by atoms with Gasteiger partial charge in [0.2, 0.25) is 0 Å². The van der Waals surface area contributed by atoms with E-state index >= 15 is 0 Å². The number of hydrogen-bond donors (Lipinski definition) is 1. The first-order valence-corrected chi connectivity index (χ1v) is 2.83. The maximum Gasteiger partial charge on any atom is 0.313 e. The number of rotatable bonds is 2. The fraction of sp³-hybridized carbons (Fsp3) is 0.333. The third-order valence-electron chi connectivity index (χ3n) is 1.25. The van der Waals surface area contributed by atoms with Gasteiger partial charge in [0, 0.05) is 0 Å². The van der Waals surface area contributed by atoms with Crippen LogP contribution < -0.4 is 0 Å². The van der Waals surface area contributed by atoms with Crippen LogP contribution in [0, 0.1) is 0 Å². The molecule has 1 unspecified atom stereocenters. The molecule has 1 aromatic heterocycles. The molecule has 1 atom stereocenters. The lowest BCUT2D eigenvalue weighted by molar-refractivity contribution is -0.138. The van der Waals surface area contributed by atoms with Gasteiger partial charge in [0.05, 0.1) is 6.20 Å². The summed E-state index contributed by atoms with van der Waals surface area (Å²) in [5, 5.41) is 8.47. The molecule has 0 radical (unpaired) electrons. The summed E-state index contributed by atoms with van der Waals surface area (Å²) in [5.41, 5.74) is 0. The Balaban J connectivity index is 2.77. The largest absolute Gasteiger partial charge is 0.481 e. The first-order valence-electron chi connectivity index (χ1n) is 2.83. The molecule has 0 aliphatic heterocycles. The van der Waals surface area contributed by atoms with E-state index in [0.29, 0.717) is 5.76 Å². The summed E-state index contributed by atoms with van der Waals surface area (Å²) in [7, 11) is 0. The van der Waals surface area contributed by atoms with E-state index in [4.69, 9.17) is 9.52 Å². The number of carboxylic acid groups (broad SMARTS) is 1. The third-order valence-corrected chi connectivity index (χ3v) is 1.25. The van der Waals surface area contributed by atoms with Crippen molar-refractivity contribution in [1.82, 2.24) is 4.98 Å². The Bertz CT molecular complexity index is 217. The summed E-state index contributed by atoms with van der Waals surface area (Å²) in [6, 6.07) is 0. The summed E-state index contributed by atoms with van der Waals surface area (Å²) in [6.45, 7) is 1.54. The van der Waals surface area contributed by atoms with E-state index in [1.165, 1.54) is 12.6 Å². The maximum atomic E-state index is 10.3. The Morgan fingerprint density at radius 2 is 2.60 bits per heavy atom. The van der Waals surface area contributed by atoms with Crippen molar-refractivity contribution < 1.29 is 14.3 Å². The number of carbonyl (C=O) groups is 1. The van der Waals surface area contributed by atoms with Gasteiger partial charge < -0.3 is 9.52 Å². The van der Waals surface area contributed by atoms with Crippen molar-refractivity contribution in [2.24, 2.45) is 0 Å². The molecule has 10 heavy (non-hydrogen) atoms. The normalized spacial score (nSPS) is 12.9. The number of oxazole rings is 1. The molecule has 0 aliphatic rings. The zero-order valence-electron chi connectivity index (χ0n) is 5.44. The van der Waals surface area contributed by atoms with Crippen LogP contribution in [0.1, 0.15) is 18.6 Å². The van der Waals surface area contributed by atoms with E-state index in [9.17, 15) is 4.79 Å². The smallest absolute Gasteiger partial charge is 0.313 e. The standard InChI is InChI=1S/C6H7NO3/c1-4(6(8)9)5-2-7-3-10-5/h2-4H,1H3,(H,8,9). The minimum atomic E-state index is -0.906. The van der Waals surface area contributed by atoms with Crippen LogP contribution in [-0.4, -0.2) is 16.1 Å². The van der Waals surface area contributed by atoms with Crippen LogP contribution >= 0.6 is 0 Å². The molecule has 0 aliphatic carbocycles. The van der Waals surface area contributed by atoms with Crippen LogP contribution in [0.15, 0.2) is 17.0 Å². The van der Waals surface area contributed by atoms with Gasteiger partial charge in [-0.2, -0.15) is 0 Å². The lowest BCUT2D eigenvalue weighted by Gasteiger charge is -1.97. The maximum absolute atomic E-state index is 10.3. The molecule has 0 amide bonds. The molecule has 0 saturated carbocycles. The predicted molar refractivity (Wildman–Crippen MR) is 32.6 cm³/mol. The summed E-state index contributed by atoms with van der Waals surface area (Å²) in [5.74, 6) is -1.13. The Hall–Kier alpha value is -1.32. The van der Waals surface area contributed by atoms with Crippen molar-refractivity contribution in [3.8, 4) is 0 Å². The van der Waals surface area contributed by atoms with Crippen LogP contribution in [-0.2, 0) is 4.79 Å². The molecule has 0 fully saturated rings. The molecule has 0 spiro atoms. The Kier molecular flexibility index (Phi) is 1.71. The van der Waals surface area contributed by atoms with Gasteiger partial charge in [-0.15, -0.1) is 0 Å². The first kappa shape index (κ1) is 6.80. The van der Waals surface area contributed by atoms with Gasteiger partial charge in [-0.05, 0) is 6.92 Å². The van der Waals surface area contributed by atoms with E-state index in [1.54, 1.807) is 6.92 Å². The highest BCUT2D eigenvalue weighted by Crippen LogP contribution is 2.12. The van der Waals surface area contributed by atoms with Crippen molar-refractivity contribution in [2.45, 2.75) is 12.8 Å². The number of aliphatic carboxylic acids is 1. The molecule has 54 valence electrons. The summed E-state index contributed by atoms with van der Waals surface area (Å²) in [4.78, 5) is 13.9. The van der Waals surface area contributed by atoms with Crippen LogP contribution in [0.4, 0.5) is 0 Å². The summed E-state index contributed by atoms with van der Waals surface area (Å²) in [6.07, 6.45) is 2.62. The number of hydrogen-bond acceptors (Lipinski definition) is 3. The molecule has 0 bridgehead atoms. The van der Waals surface area contributed by atoms with Crippen molar-refractivity contribution in [3.63, 3.8) is 0 Å². The summed E-state index contributed by atoms with van der Waals surface area (Å²) >= 11 is 0. The van der Waals surface area contributed by atoms with E-state index in [1.807, 2.05) is 0 Å². The fourth-order valence-corrected chi connectivity index (χ4v) is 0.561. The van der Waals surface area contributed by atoms with Crippen LogP contribution in [0.2, 0.25) is 0 Å². The number of aromatic nitrogens is 1. The van der Waals surface area contributed by atoms with E-state index in [0.717, 1.165) is 0 Å². The van der Waals surface area contributed by atoms with Crippen molar-refractivity contribution in [1.29, 1.82) is 0 Å². The summed E-state index contributed by atoms with van der Waals surface area (Å²) < 4.78 is 4.76. The Morgan fingerprint density at radius 3 is 3.00 bits per heavy atom. The Labute approximate surface area is 57.5 Å². The van der Waals surface area contributed by atoms with Crippen molar-refractivity contribution in [3.05, 3.63) is 18.4 Å². The van der Waals surface area contributed by atoms with Crippen LogP contribution in [0.25, 0.3) is 0 Å². The predicted octanol–water partition coefficient (Wildman–Crippen LogP) is 0.863. The number of nitrogens with zero attached hydrogens (tertiary/aromatic N) is 1. The Morgan fingerprint density at radius 1 is 1.90 bits per heavy atom. The second-order valence-electron chi connectivity index (χ2n) is 1.96. The average Bonchev–Trinajstić information content (AvgIpc) is 2.36. The van der Waals surface area contributed by atoms with Gasteiger partial charge in [-0.25, -0.2) is 4.98 Å². The molecule has 4 heteroatoms. The molecular weight excluding hydrogens is 134 g/mol. The highest BCUT2D eigenvalue weighted by atomic mass is 16.4. The minimum Gasteiger partial charge on any atom is -0.481 e. The SMILES string of the molecule is CC(C(=O)O)c1cnco1. The van der Waals surface area contributed by atoms with Crippen molar-refractivity contribution in [2.75, 3.05) is 0 Å². The molecule has 1 rings (SSSR count). The second-order valence-corrected chi connectivity index (χ2v) is 1.96. The van der Waals surface area contributed by atoms with Gasteiger partial charge in [-0.3, -0.25) is 4.79 Å². The fourth-order valence-electron chi connectivity index (χ4n) is 0.561. The van der Waals surface area contributed by atoms with Gasteiger partial charge in [-0.1, -0.05) is 0 Å². The lowest BCUT2D eigenvalue weighted by Crippen LogP contribution is -2.05. The molecule has 1 aromatic rings.